The van der Waals surface area contributed by atoms with Gasteiger partial charge in [-0.1, -0.05) is 23.5 Å². The van der Waals surface area contributed by atoms with Crippen LogP contribution in [0.1, 0.15) is 23.2 Å². The van der Waals surface area contributed by atoms with Gasteiger partial charge in [-0.3, -0.25) is 9.59 Å². The summed E-state index contributed by atoms with van der Waals surface area (Å²) in [6.45, 7) is 0.474. The number of hydrogen-bond donors (Lipinski definition) is 2. The normalized spacial score (nSPS) is 10.6. The zero-order chi connectivity index (χ0) is 16.1. The van der Waals surface area contributed by atoms with Gasteiger partial charge in [-0.2, -0.15) is 11.3 Å². The molecule has 2 amide bonds. The van der Waals surface area contributed by atoms with Crippen LogP contribution in [0.4, 0.5) is 5.13 Å². The summed E-state index contributed by atoms with van der Waals surface area (Å²) in [7, 11) is 0. The van der Waals surface area contributed by atoms with E-state index in [2.05, 4.69) is 15.6 Å². The average Bonchev–Trinajstić information content (AvgIpc) is 3.20. The Morgan fingerprint density at radius 1 is 1.17 bits per heavy atom. The maximum atomic E-state index is 11.9. The standard InChI is InChI=1S/C16H15N3O2S2/c20-14(6-3-8-17-15(21)11-7-9-22-10-11)19-16-18-12-4-1-2-5-13(12)23-16/h1-2,4-5,7,9-10H,3,6,8H2,(H,17,21)(H,18,19,20). The van der Waals surface area contributed by atoms with Crippen LogP contribution in [-0.4, -0.2) is 23.3 Å². The number of benzene rings is 1. The molecule has 3 rings (SSSR count). The number of rotatable bonds is 6. The van der Waals surface area contributed by atoms with Gasteiger partial charge in [0.1, 0.15) is 0 Å². The number of thiazole rings is 1. The number of aromatic nitrogens is 1. The lowest BCUT2D eigenvalue weighted by Gasteiger charge is -2.04. The van der Waals surface area contributed by atoms with E-state index >= 15 is 0 Å². The van der Waals surface area contributed by atoms with Gasteiger partial charge in [-0.25, -0.2) is 4.98 Å². The van der Waals surface area contributed by atoms with E-state index in [1.165, 1.54) is 22.7 Å². The number of nitrogens with one attached hydrogen (secondary N) is 2. The van der Waals surface area contributed by atoms with Gasteiger partial charge in [-0.05, 0) is 30.0 Å². The van der Waals surface area contributed by atoms with E-state index in [1.54, 1.807) is 11.4 Å². The van der Waals surface area contributed by atoms with Crippen LogP contribution in [-0.2, 0) is 4.79 Å². The number of fused-ring (bicyclic) bond motifs is 1. The SMILES string of the molecule is O=C(CCCNC(=O)c1ccsc1)Nc1nc2ccccc2s1. The summed E-state index contributed by atoms with van der Waals surface area (Å²) < 4.78 is 1.05. The fourth-order valence-corrected chi connectivity index (χ4v) is 3.57. The van der Waals surface area contributed by atoms with Gasteiger partial charge < -0.3 is 10.6 Å². The van der Waals surface area contributed by atoms with Gasteiger partial charge in [0.05, 0.1) is 10.2 Å². The molecule has 0 unspecified atom stereocenters. The molecule has 0 aliphatic carbocycles. The highest BCUT2D eigenvalue weighted by Gasteiger charge is 2.08. The molecule has 0 aliphatic rings. The number of amides is 2. The molecule has 0 atom stereocenters. The van der Waals surface area contributed by atoms with E-state index in [0.717, 1.165) is 10.2 Å². The molecule has 0 fully saturated rings. The fraction of sp³-hybridized carbons (Fsp3) is 0.188. The number of hydrogen-bond acceptors (Lipinski definition) is 5. The van der Waals surface area contributed by atoms with E-state index in [1.807, 2.05) is 29.6 Å². The highest BCUT2D eigenvalue weighted by molar-refractivity contribution is 7.22. The number of carbonyl (C=O) groups is 2. The average molecular weight is 345 g/mol. The summed E-state index contributed by atoms with van der Waals surface area (Å²) in [5.74, 6) is -0.188. The van der Waals surface area contributed by atoms with Crippen LogP contribution in [0, 0.1) is 0 Å². The minimum absolute atomic E-state index is 0.0890. The molecule has 3 aromatic rings. The molecule has 2 heterocycles. The van der Waals surface area contributed by atoms with Crippen LogP contribution >= 0.6 is 22.7 Å². The summed E-state index contributed by atoms with van der Waals surface area (Å²) in [4.78, 5) is 28.0. The van der Waals surface area contributed by atoms with Crippen molar-refractivity contribution in [3.05, 3.63) is 46.7 Å². The highest BCUT2D eigenvalue weighted by Crippen LogP contribution is 2.25. The Bertz CT molecular complexity index is 779. The second-order valence-electron chi connectivity index (χ2n) is 4.91. The molecule has 0 saturated heterocycles. The number of anilines is 1. The number of nitrogens with zero attached hydrogens (tertiary/aromatic N) is 1. The molecule has 0 radical (unpaired) electrons. The van der Waals surface area contributed by atoms with Crippen molar-refractivity contribution in [2.45, 2.75) is 12.8 Å². The molecule has 7 heteroatoms. The zero-order valence-electron chi connectivity index (χ0n) is 12.2. The third-order valence-electron chi connectivity index (χ3n) is 3.19. The maximum Gasteiger partial charge on any atom is 0.252 e. The second kappa shape index (κ2) is 7.34. The monoisotopic (exact) mass is 345 g/mol. The van der Waals surface area contributed by atoms with Crippen molar-refractivity contribution >= 4 is 49.8 Å². The van der Waals surface area contributed by atoms with E-state index < -0.39 is 0 Å². The fourth-order valence-electron chi connectivity index (χ4n) is 2.05. The molecule has 5 nitrogen and oxygen atoms in total. The minimum Gasteiger partial charge on any atom is -0.352 e. The van der Waals surface area contributed by atoms with Crippen LogP contribution in [0.5, 0.6) is 0 Å². The van der Waals surface area contributed by atoms with Gasteiger partial charge in [0.25, 0.3) is 5.91 Å². The zero-order valence-corrected chi connectivity index (χ0v) is 13.9. The number of thiophene rings is 1. The molecule has 0 spiro atoms. The minimum atomic E-state index is -0.0992. The number of carbonyl (C=O) groups excluding carboxylic acids is 2. The smallest absolute Gasteiger partial charge is 0.252 e. The molecule has 2 N–H and O–H groups in total. The van der Waals surface area contributed by atoms with Gasteiger partial charge >= 0.3 is 0 Å². The summed E-state index contributed by atoms with van der Waals surface area (Å²) in [5, 5.41) is 9.88. The van der Waals surface area contributed by atoms with Crippen molar-refractivity contribution in [2.24, 2.45) is 0 Å². The van der Waals surface area contributed by atoms with Gasteiger partial charge in [-0.15, -0.1) is 0 Å². The summed E-state index contributed by atoms with van der Waals surface area (Å²) in [6, 6.07) is 9.54. The second-order valence-corrected chi connectivity index (χ2v) is 6.72. The molecular formula is C16H15N3O2S2. The Morgan fingerprint density at radius 3 is 2.83 bits per heavy atom. The Labute approximate surface area is 141 Å². The van der Waals surface area contributed by atoms with Gasteiger partial charge in [0, 0.05) is 23.9 Å². The van der Waals surface area contributed by atoms with Crippen LogP contribution < -0.4 is 10.6 Å². The van der Waals surface area contributed by atoms with Crippen molar-refractivity contribution in [1.82, 2.24) is 10.3 Å². The lowest BCUT2D eigenvalue weighted by Crippen LogP contribution is -2.25. The van der Waals surface area contributed by atoms with Crippen molar-refractivity contribution in [1.29, 1.82) is 0 Å². The van der Waals surface area contributed by atoms with Crippen molar-refractivity contribution in [3.8, 4) is 0 Å². The van der Waals surface area contributed by atoms with Crippen molar-refractivity contribution in [3.63, 3.8) is 0 Å². The molecular weight excluding hydrogens is 330 g/mol. The lowest BCUT2D eigenvalue weighted by molar-refractivity contribution is -0.116. The van der Waals surface area contributed by atoms with Crippen LogP contribution in [0.15, 0.2) is 41.1 Å². The highest BCUT2D eigenvalue weighted by atomic mass is 32.1. The molecule has 1 aromatic carbocycles. The molecule has 23 heavy (non-hydrogen) atoms. The molecule has 0 bridgehead atoms. The molecule has 0 saturated carbocycles. The van der Waals surface area contributed by atoms with E-state index in [-0.39, 0.29) is 11.8 Å². The van der Waals surface area contributed by atoms with Crippen molar-refractivity contribution < 1.29 is 9.59 Å². The van der Waals surface area contributed by atoms with E-state index in [0.29, 0.717) is 30.1 Å². The third kappa shape index (κ3) is 4.14. The van der Waals surface area contributed by atoms with E-state index in [4.69, 9.17) is 0 Å². The molecule has 2 aromatic heterocycles. The third-order valence-corrected chi connectivity index (χ3v) is 4.82. The predicted octanol–water partition coefficient (Wildman–Crippen LogP) is 3.51. The predicted molar refractivity (Wildman–Crippen MR) is 94.1 cm³/mol. The Kier molecular flexibility index (Phi) is 4.99. The first kappa shape index (κ1) is 15.6. The first-order chi connectivity index (χ1) is 11.2. The van der Waals surface area contributed by atoms with E-state index in [9.17, 15) is 9.59 Å². The van der Waals surface area contributed by atoms with Crippen LogP contribution in [0.25, 0.3) is 10.2 Å². The largest absolute Gasteiger partial charge is 0.352 e. The maximum absolute atomic E-state index is 11.9. The van der Waals surface area contributed by atoms with Crippen LogP contribution in [0.2, 0.25) is 0 Å². The quantitative estimate of drug-likeness (QED) is 0.672. The Hall–Kier alpha value is -2.25. The van der Waals surface area contributed by atoms with Crippen molar-refractivity contribution in [2.75, 3.05) is 11.9 Å². The first-order valence-corrected chi connectivity index (χ1v) is 8.94. The molecule has 0 aliphatic heterocycles. The Balaban J connectivity index is 1.42. The van der Waals surface area contributed by atoms with Crippen LogP contribution in [0.3, 0.4) is 0 Å². The first-order valence-electron chi connectivity index (χ1n) is 7.18. The summed E-state index contributed by atoms with van der Waals surface area (Å²) >= 11 is 2.94. The topological polar surface area (TPSA) is 71.1 Å². The number of para-hydroxylation sites is 1. The Morgan fingerprint density at radius 2 is 2.04 bits per heavy atom. The van der Waals surface area contributed by atoms with Gasteiger partial charge in [0.15, 0.2) is 5.13 Å². The van der Waals surface area contributed by atoms with Gasteiger partial charge in [0.2, 0.25) is 5.91 Å². The summed E-state index contributed by atoms with van der Waals surface area (Å²) in [5.41, 5.74) is 1.55. The summed E-state index contributed by atoms with van der Waals surface area (Å²) in [6.07, 6.45) is 0.937. The molecule has 118 valence electrons. The lowest BCUT2D eigenvalue weighted by atomic mass is 10.2.